The number of hydrogen-bond acceptors (Lipinski definition) is 2. The van der Waals surface area contributed by atoms with Crippen LogP contribution >= 0.6 is 0 Å². The van der Waals surface area contributed by atoms with Crippen LogP contribution in [-0.4, -0.2) is 17.1 Å². The molecule has 1 atom stereocenters. The van der Waals surface area contributed by atoms with Crippen LogP contribution in [0.5, 0.6) is 5.75 Å². The van der Waals surface area contributed by atoms with Gasteiger partial charge in [-0.1, -0.05) is 30.3 Å². The molecule has 0 bridgehead atoms. The molecule has 3 nitrogen and oxygen atoms in total. The molecule has 1 unspecified atom stereocenters. The SMILES string of the molecule is CC(CCc1ccccc1)NC(=O)c1ccc(F)cc1O. The van der Waals surface area contributed by atoms with Gasteiger partial charge in [0.2, 0.25) is 0 Å². The molecule has 2 aromatic carbocycles. The maximum atomic E-state index is 12.9. The van der Waals surface area contributed by atoms with Crippen LogP contribution in [0.25, 0.3) is 0 Å². The van der Waals surface area contributed by atoms with Gasteiger partial charge in [0.15, 0.2) is 0 Å². The van der Waals surface area contributed by atoms with Crippen molar-refractivity contribution < 1.29 is 14.3 Å². The molecule has 0 aliphatic rings. The van der Waals surface area contributed by atoms with Gasteiger partial charge in [-0.25, -0.2) is 4.39 Å². The standard InChI is InChI=1S/C17H18FNO2/c1-12(7-8-13-5-3-2-4-6-13)19-17(21)15-10-9-14(18)11-16(15)20/h2-6,9-12,20H,7-8H2,1H3,(H,19,21). The maximum absolute atomic E-state index is 12.9. The van der Waals surface area contributed by atoms with E-state index < -0.39 is 11.7 Å². The molecule has 0 aliphatic carbocycles. The quantitative estimate of drug-likeness (QED) is 0.886. The molecule has 0 saturated carbocycles. The van der Waals surface area contributed by atoms with Crippen LogP contribution in [0.2, 0.25) is 0 Å². The Bertz CT molecular complexity index is 613. The van der Waals surface area contributed by atoms with Gasteiger partial charge in [-0.3, -0.25) is 4.79 Å². The molecule has 0 saturated heterocycles. The maximum Gasteiger partial charge on any atom is 0.255 e. The molecule has 110 valence electrons. The lowest BCUT2D eigenvalue weighted by atomic mass is 10.1. The summed E-state index contributed by atoms with van der Waals surface area (Å²) in [5.74, 6) is -1.31. The molecule has 0 aliphatic heterocycles. The second kappa shape index (κ2) is 6.88. The normalized spacial score (nSPS) is 11.9. The minimum atomic E-state index is -0.568. The zero-order valence-corrected chi connectivity index (χ0v) is 11.8. The van der Waals surface area contributed by atoms with E-state index in [1.807, 2.05) is 37.3 Å². The third-order valence-electron chi connectivity index (χ3n) is 3.29. The van der Waals surface area contributed by atoms with E-state index in [9.17, 15) is 14.3 Å². The summed E-state index contributed by atoms with van der Waals surface area (Å²) in [5.41, 5.74) is 1.30. The van der Waals surface area contributed by atoms with Crippen molar-refractivity contribution >= 4 is 5.91 Å². The summed E-state index contributed by atoms with van der Waals surface area (Å²) in [6.45, 7) is 1.90. The molecule has 0 heterocycles. The average molecular weight is 287 g/mol. The Morgan fingerprint density at radius 1 is 1.24 bits per heavy atom. The fraction of sp³-hybridized carbons (Fsp3) is 0.235. The highest BCUT2D eigenvalue weighted by Crippen LogP contribution is 2.18. The van der Waals surface area contributed by atoms with Gasteiger partial charge in [0.25, 0.3) is 5.91 Å². The number of amides is 1. The molecular formula is C17H18FNO2. The van der Waals surface area contributed by atoms with Gasteiger partial charge in [0.1, 0.15) is 11.6 Å². The largest absolute Gasteiger partial charge is 0.507 e. The fourth-order valence-corrected chi connectivity index (χ4v) is 2.10. The first-order chi connectivity index (χ1) is 10.1. The third-order valence-corrected chi connectivity index (χ3v) is 3.29. The number of nitrogens with one attached hydrogen (secondary N) is 1. The molecule has 0 aromatic heterocycles. The Morgan fingerprint density at radius 3 is 2.62 bits per heavy atom. The minimum Gasteiger partial charge on any atom is -0.507 e. The number of aromatic hydroxyl groups is 1. The van der Waals surface area contributed by atoms with Crippen LogP contribution in [0.1, 0.15) is 29.3 Å². The molecule has 0 fully saturated rings. The zero-order chi connectivity index (χ0) is 15.2. The van der Waals surface area contributed by atoms with Gasteiger partial charge in [-0.15, -0.1) is 0 Å². The summed E-state index contributed by atoms with van der Waals surface area (Å²) < 4.78 is 12.9. The van der Waals surface area contributed by atoms with Gasteiger partial charge < -0.3 is 10.4 Å². The lowest BCUT2D eigenvalue weighted by Crippen LogP contribution is -2.32. The zero-order valence-electron chi connectivity index (χ0n) is 11.8. The van der Waals surface area contributed by atoms with E-state index in [1.165, 1.54) is 11.6 Å². The molecule has 4 heteroatoms. The first kappa shape index (κ1) is 15.0. The van der Waals surface area contributed by atoms with Crippen molar-refractivity contribution in [2.75, 3.05) is 0 Å². The second-order valence-corrected chi connectivity index (χ2v) is 5.06. The molecule has 2 rings (SSSR count). The summed E-state index contributed by atoms with van der Waals surface area (Å²) in [6, 6.07) is 13.3. The molecule has 21 heavy (non-hydrogen) atoms. The van der Waals surface area contributed by atoms with Gasteiger partial charge >= 0.3 is 0 Å². The highest BCUT2D eigenvalue weighted by molar-refractivity contribution is 5.96. The number of hydrogen-bond donors (Lipinski definition) is 2. The molecule has 0 radical (unpaired) electrons. The van der Waals surface area contributed by atoms with Crippen LogP contribution in [-0.2, 0) is 6.42 Å². The highest BCUT2D eigenvalue weighted by Gasteiger charge is 2.14. The molecule has 2 aromatic rings. The number of rotatable bonds is 5. The second-order valence-electron chi connectivity index (χ2n) is 5.06. The first-order valence-electron chi connectivity index (χ1n) is 6.89. The fourth-order valence-electron chi connectivity index (χ4n) is 2.10. The Morgan fingerprint density at radius 2 is 1.95 bits per heavy atom. The van der Waals surface area contributed by atoms with E-state index in [0.717, 1.165) is 25.0 Å². The van der Waals surface area contributed by atoms with E-state index in [0.29, 0.717) is 0 Å². The summed E-state index contributed by atoms with van der Waals surface area (Å²) in [7, 11) is 0. The van der Waals surface area contributed by atoms with E-state index >= 15 is 0 Å². The van der Waals surface area contributed by atoms with E-state index in [4.69, 9.17) is 0 Å². The van der Waals surface area contributed by atoms with Crippen molar-refractivity contribution in [3.8, 4) is 5.75 Å². The van der Waals surface area contributed by atoms with E-state index in [1.54, 1.807) is 0 Å². The van der Waals surface area contributed by atoms with E-state index in [-0.39, 0.29) is 17.4 Å². The van der Waals surface area contributed by atoms with Crippen molar-refractivity contribution in [1.29, 1.82) is 0 Å². The van der Waals surface area contributed by atoms with Crippen LogP contribution < -0.4 is 5.32 Å². The van der Waals surface area contributed by atoms with Crippen LogP contribution in [0.4, 0.5) is 4.39 Å². The molecule has 1 amide bonds. The lowest BCUT2D eigenvalue weighted by molar-refractivity contribution is 0.0935. The number of phenolic OH excluding ortho intramolecular Hbond substituents is 1. The Labute approximate surface area is 123 Å². The average Bonchev–Trinajstić information content (AvgIpc) is 2.46. The van der Waals surface area contributed by atoms with E-state index in [2.05, 4.69) is 5.32 Å². The Kier molecular flexibility index (Phi) is 4.93. The topological polar surface area (TPSA) is 49.3 Å². The minimum absolute atomic E-state index is 0.0397. The first-order valence-corrected chi connectivity index (χ1v) is 6.89. The number of halogens is 1. The third kappa shape index (κ3) is 4.31. The summed E-state index contributed by atoms with van der Waals surface area (Å²) >= 11 is 0. The predicted molar refractivity (Wildman–Crippen MR) is 79.8 cm³/mol. The molecule has 0 spiro atoms. The van der Waals surface area contributed by atoms with Gasteiger partial charge in [0, 0.05) is 12.1 Å². The van der Waals surface area contributed by atoms with Crippen molar-refractivity contribution in [2.45, 2.75) is 25.8 Å². The predicted octanol–water partition coefficient (Wildman–Crippen LogP) is 3.28. The molecular weight excluding hydrogens is 269 g/mol. The van der Waals surface area contributed by atoms with Gasteiger partial charge in [0.05, 0.1) is 5.56 Å². The number of phenols is 1. The summed E-state index contributed by atoms with van der Waals surface area (Å²) in [5, 5.41) is 12.4. The van der Waals surface area contributed by atoms with Crippen molar-refractivity contribution in [3.05, 3.63) is 65.5 Å². The Hall–Kier alpha value is -2.36. The molecule has 2 N–H and O–H groups in total. The number of aryl methyl sites for hydroxylation is 1. The highest BCUT2D eigenvalue weighted by atomic mass is 19.1. The summed E-state index contributed by atoms with van der Waals surface area (Å²) in [4.78, 5) is 12.0. The lowest BCUT2D eigenvalue weighted by Gasteiger charge is -2.14. The van der Waals surface area contributed by atoms with Crippen molar-refractivity contribution in [2.24, 2.45) is 0 Å². The number of carbonyl (C=O) groups is 1. The smallest absolute Gasteiger partial charge is 0.255 e. The van der Waals surface area contributed by atoms with Crippen molar-refractivity contribution in [1.82, 2.24) is 5.32 Å². The van der Waals surface area contributed by atoms with Gasteiger partial charge in [-0.2, -0.15) is 0 Å². The van der Waals surface area contributed by atoms with Gasteiger partial charge in [-0.05, 0) is 37.5 Å². The monoisotopic (exact) mass is 287 g/mol. The Balaban J connectivity index is 1.90. The summed E-state index contributed by atoms with van der Waals surface area (Å²) in [6.07, 6.45) is 1.65. The van der Waals surface area contributed by atoms with Crippen molar-refractivity contribution in [3.63, 3.8) is 0 Å². The number of carbonyl (C=O) groups excluding carboxylic acids is 1. The van der Waals surface area contributed by atoms with Crippen LogP contribution in [0, 0.1) is 5.82 Å². The number of benzene rings is 2. The van der Waals surface area contributed by atoms with Crippen LogP contribution in [0.15, 0.2) is 48.5 Å². The van der Waals surface area contributed by atoms with Crippen LogP contribution in [0.3, 0.4) is 0 Å².